The van der Waals surface area contributed by atoms with E-state index in [1.54, 1.807) is 12.1 Å². The number of benzene rings is 1. The average molecular weight is 286 g/mol. The molecule has 6 heteroatoms. The van der Waals surface area contributed by atoms with Crippen molar-refractivity contribution >= 4 is 17.5 Å². The van der Waals surface area contributed by atoms with Gasteiger partial charge in [-0.2, -0.15) is 0 Å². The number of hydrogen-bond donors (Lipinski definition) is 0. The van der Waals surface area contributed by atoms with Crippen LogP contribution in [0.15, 0.2) is 36.4 Å². The highest BCUT2D eigenvalue weighted by molar-refractivity contribution is 6.05. The third-order valence-electron chi connectivity index (χ3n) is 4.09. The van der Waals surface area contributed by atoms with E-state index in [-0.39, 0.29) is 35.9 Å². The third kappa shape index (κ3) is 2.33. The molecule has 6 nitrogen and oxygen atoms in total. The van der Waals surface area contributed by atoms with Crippen LogP contribution < -0.4 is 0 Å². The number of rotatable bonds is 3. The van der Waals surface area contributed by atoms with Gasteiger partial charge in [-0.15, -0.1) is 0 Å². The quantitative estimate of drug-likeness (QED) is 0.368. The molecule has 108 valence electrons. The Hall–Kier alpha value is -2.50. The minimum Gasteiger partial charge on any atom is -0.278 e. The fourth-order valence-electron chi connectivity index (χ4n) is 2.93. The van der Waals surface area contributed by atoms with E-state index >= 15 is 0 Å². The maximum atomic E-state index is 12.3. The summed E-state index contributed by atoms with van der Waals surface area (Å²) in [6, 6.07) is 5.93. The van der Waals surface area contributed by atoms with Crippen molar-refractivity contribution in [1.82, 2.24) is 4.90 Å². The van der Waals surface area contributed by atoms with Crippen LogP contribution in [0, 0.1) is 22.0 Å². The van der Waals surface area contributed by atoms with E-state index in [9.17, 15) is 19.7 Å². The van der Waals surface area contributed by atoms with E-state index < -0.39 is 4.92 Å². The molecule has 0 bridgehead atoms. The topological polar surface area (TPSA) is 80.5 Å². The smallest absolute Gasteiger partial charge is 0.269 e. The van der Waals surface area contributed by atoms with Gasteiger partial charge in [0, 0.05) is 12.1 Å². The number of fused-ring (bicyclic) bond motifs is 1. The van der Waals surface area contributed by atoms with Crippen molar-refractivity contribution in [1.29, 1.82) is 0 Å². The van der Waals surface area contributed by atoms with Crippen LogP contribution >= 0.6 is 0 Å². The van der Waals surface area contributed by atoms with Crippen LogP contribution in [-0.2, 0) is 16.1 Å². The van der Waals surface area contributed by atoms with Gasteiger partial charge < -0.3 is 0 Å². The van der Waals surface area contributed by atoms with Crippen molar-refractivity contribution in [3.63, 3.8) is 0 Å². The molecule has 0 N–H and O–H groups in total. The molecular weight excluding hydrogens is 272 g/mol. The number of likely N-dealkylation sites (tertiary alicyclic amines) is 1. The highest BCUT2D eigenvalue weighted by atomic mass is 16.6. The zero-order valence-corrected chi connectivity index (χ0v) is 11.3. The lowest BCUT2D eigenvalue weighted by molar-refractivity contribution is -0.384. The molecule has 1 aromatic rings. The summed E-state index contributed by atoms with van der Waals surface area (Å²) >= 11 is 0. The van der Waals surface area contributed by atoms with Gasteiger partial charge in [0.05, 0.1) is 23.3 Å². The summed E-state index contributed by atoms with van der Waals surface area (Å²) in [6.45, 7) is 0.183. The highest BCUT2D eigenvalue weighted by Crippen LogP contribution is 2.35. The highest BCUT2D eigenvalue weighted by Gasteiger charge is 2.46. The minimum absolute atomic E-state index is 0.00399. The first-order valence-corrected chi connectivity index (χ1v) is 6.81. The van der Waals surface area contributed by atoms with Crippen molar-refractivity contribution in [3.05, 3.63) is 52.1 Å². The number of hydrogen-bond acceptors (Lipinski definition) is 4. The second-order valence-electron chi connectivity index (χ2n) is 5.34. The number of allylic oxidation sites excluding steroid dienone is 2. The first kappa shape index (κ1) is 13.5. The van der Waals surface area contributed by atoms with Crippen LogP contribution in [0.4, 0.5) is 5.69 Å². The second-order valence-corrected chi connectivity index (χ2v) is 5.34. The molecular formula is C15H14N2O4. The number of nitro benzene ring substituents is 1. The summed E-state index contributed by atoms with van der Waals surface area (Å²) in [7, 11) is 0. The summed E-state index contributed by atoms with van der Waals surface area (Å²) in [5.41, 5.74) is 0.713. The summed E-state index contributed by atoms with van der Waals surface area (Å²) in [5.74, 6) is -0.735. The van der Waals surface area contributed by atoms with Crippen molar-refractivity contribution in [2.45, 2.75) is 19.4 Å². The van der Waals surface area contributed by atoms with Crippen LogP contribution in [0.3, 0.4) is 0 Å². The Morgan fingerprint density at radius 2 is 1.57 bits per heavy atom. The number of amides is 2. The Kier molecular flexibility index (Phi) is 3.29. The Morgan fingerprint density at radius 3 is 2.05 bits per heavy atom. The molecule has 2 amide bonds. The van der Waals surface area contributed by atoms with Gasteiger partial charge >= 0.3 is 0 Å². The predicted octanol–water partition coefficient (Wildman–Crippen LogP) is 2.05. The largest absolute Gasteiger partial charge is 0.278 e. The molecule has 1 aliphatic heterocycles. The Morgan fingerprint density at radius 1 is 1.05 bits per heavy atom. The number of nitro groups is 1. The SMILES string of the molecule is O=C1[C@H]2CC=CC[C@H]2C(=O)N1Cc1ccc([N+](=O)[O-])cc1. The number of carbonyl (C=O) groups excluding carboxylic acids is 2. The molecule has 2 atom stereocenters. The summed E-state index contributed by atoms with van der Waals surface area (Å²) in [5, 5.41) is 10.6. The standard InChI is InChI=1S/C15H14N2O4/c18-14-12-3-1-2-4-13(12)15(19)16(14)9-10-5-7-11(8-6-10)17(20)21/h1-2,5-8,12-13H,3-4,9H2/t12-,13+. The molecule has 0 spiro atoms. The van der Waals surface area contributed by atoms with Crippen LogP contribution in [0.5, 0.6) is 0 Å². The fourth-order valence-corrected chi connectivity index (χ4v) is 2.93. The maximum Gasteiger partial charge on any atom is 0.269 e. The molecule has 0 aromatic heterocycles. The molecule has 3 rings (SSSR count). The van der Waals surface area contributed by atoms with E-state index in [1.165, 1.54) is 17.0 Å². The molecule has 0 radical (unpaired) electrons. The van der Waals surface area contributed by atoms with Gasteiger partial charge in [-0.05, 0) is 18.4 Å². The second kappa shape index (κ2) is 5.12. The molecule has 1 aliphatic carbocycles. The lowest BCUT2D eigenvalue weighted by Gasteiger charge is -2.14. The average Bonchev–Trinajstić information content (AvgIpc) is 2.73. The number of carbonyl (C=O) groups is 2. The normalized spacial score (nSPS) is 24.3. The van der Waals surface area contributed by atoms with Crippen molar-refractivity contribution in [3.8, 4) is 0 Å². The van der Waals surface area contributed by atoms with E-state index in [0.29, 0.717) is 18.4 Å². The van der Waals surface area contributed by atoms with Gasteiger partial charge in [0.15, 0.2) is 0 Å². The molecule has 21 heavy (non-hydrogen) atoms. The number of imide groups is 1. The molecule has 0 saturated carbocycles. The first-order chi connectivity index (χ1) is 10.1. The van der Waals surface area contributed by atoms with Crippen molar-refractivity contribution < 1.29 is 14.5 Å². The predicted molar refractivity (Wildman–Crippen MR) is 74.0 cm³/mol. The molecule has 1 fully saturated rings. The van der Waals surface area contributed by atoms with E-state index in [2.05, 4.69) is 0 Å². The lowest BCUT2D eigenvalue weighted by Crippen LogP contribution is -2.30. The molecule has 1 saturated heterocycles. The zero-order valence-electron chi connectivity index (χ0n) is 11.3. The number of nitrogens with zero attached hydrogens (tertiary/aromatic N) is 2. The van der Waals surface area contributed by atoms with Gasteiger partial charge in [-0.25, -0.2) is 0 Å². The Bertz CT molecular complexity index is 610. The monoisotopic (exact) mass is 286 g/mol. The van der Waals surface area contributed by atoms with Crippen LogP contribution in [-0.4, -0.2) is 21.6 Å². The van der Waals surface area contributed by atoms with E-state index in [0.717, 1.165) is 0 Å². The summed E-state index contributed by atoms with van der Waals surface area (Å²) in [4.78, 5) is 36.0. The summed E-state index contributed by atoms with van der Waals surface area (Å²) in [6.07, 6.45) is 5.13. The Balaban J connectivity index is 1.77. The van der Waals surface area contributed by atoms with Gasteiger partial charge in [0.2, 0.25) is 11.8 Å². The van der Waals surface area contributed by atoms with Crippen LogP contribution in [0.25, 0.3) is 0 Å². The molecule has 0 unspecified atom stereocenters. The van der Waals surface area contributed by atoms with Gasteiger partial charge in [-0.1, -0.05) is 24.3 Å². The van der Waals surface area contributed by atoms with Gasteiger partial charge in [-0.3, -0.25) is 24.6 Å². The lowest BCUT2D eigenvalue weighted by atomic mass is 9.85. The van der Waals surface area contributed by atoms with Crippen molar-refractivity contribution in [2.75, 3.05) is 0 Å². The van der Waals surface area contributed by atoms with Gasteiger partial charge in [0.25, 0.3) is 5.69 Å². The number of non-ortho nitro benzene ring substituents is 1. The first-order valence-electron chi connectivity index (χ1n) is 6.81. The Labute approximate surface area is 121 Å². The van der Waals surface area contributed by atoms with E-state index in [1.807, 2.05) is 12.2 Å². The fraction of sp³-hybridized carbons (Fsp3) is 0.333. The maximum absolute atomic E-state index is 12.3. The minimum atomic E-state index is -0.476. The van der Waals surface area contributed by atoms with Crippen LogP contribution in [0.2, 0.25) is 0 Å². The van der Waals surface area contributed by atoms with Gasteiger partial charge in [0.1, 0.15) is 0 Å². The molecule has 1 heterocycles. The third-order valence-corrected chi connectivity index (χ3v) is 4.09. The molecule has 2 aliphatic rings. The molecule has 1 aromatic carbocycles. The van der Waals surface area contributed by atoms with Crippen molar-refractivity contribution in [2.24, 2.45) is 11.8 Å². The van der Waals surface area contributed by atoms with Crippen LogP contribution in [0.1, 0.15) is 18.4 Å². The summed E-state index contributed by atoms with van der Waals surface area (Å²) < 4.78 is 0. The van der Waals surface area contributed by atoms with E-state index in [4.69, 9.17) is 0 Å². The zero-order chi connectivity index (χ0) is 15.0.